The molecule has 1 saturated carbocycles. The monoisotopic (exact) mass is 286 g/mol. The largest absolute Gasteiger partial charge is 0.480 e. The average molecular weight is 286 g/mol. The van der Waals surface area contributed by atoms with E-state index in [-0.39, 0.29) is 11.4 Å². The highest BCUT2D eigenvalue weighted by atomic mass is 32.2. The molecule has 4 atom stereocenters. The Hall–Kier alpha value is -0.910. The molecule has 1 heterocycles. The molecule has 2 fully saturated rings. The molecule has 0 spiro atoms. The van der Waals surface area contributed by atoms with Gasteiger partial charge in [0.2, 0.25) is 0 Å². The van der Waals surface area contributed by atoms with E-state index in [0.717, 1.165) is 6.42 Å². The number of carboxylic acid groups (broad SMARTS) is 1. The number of nitrogens with zero attached hydrogens (tertiary/aromatic N) is 1. The van der Waals surface area contributed by atoms with Crippen LogP contribution in [-0.4, -0.2) is 45.7 Å². The SMILES string of the molecule is CC1CCCC1CNC(=O)N1C(C)SCC1C(=O)O. The quantitative estimate of drug-likeness (QED) is 0.832. The number of aliphatic carboxylic acids is 1. The second kappa shape index (κ2) is 6.03. The zero-order valence-corrected chi connectivity index (χ0v) is 12.3. The molecule has 5 nitrogen and oxygen atoms in total. The van der Waals surface area contributed by atoms with Crippen LogP contribution in [0.3, 0.4) is 0 Å². The molecule has 4 unspecified atom stereocenters. The average Bonchev–Trinajstić information content (AvgIpc) is 2.92. The molecule has 0 aromatic heterocycles. The Kier molecular flexibility index (Phi) is 4.60. The van der Waals surface area contributed by atoms with E-state index in [1.54, 1.807) is 0 Å². The van der Waals surface area contributed by atoms with E-state index in [1.165, 1.54) is 29.5 Å². The van der Waals surface area contributed by atoms with Gasteiger partial charge in [0.1, 0.15) is 6.04 Å². The molecule has 2 aliphatic rings. The van der Waals surface area contributed by atoms with Crippen molar-refractivity contribution in [3.8, 4) is 0 Å². The second-order valence-corrected chi connectivity index (χ2v) is 6.90. The first-order valence-electron chi connectivity index (χ1n) is 6.91. The van der Waals surface area contributed by atoms with Gasteiger partial charge < -0.3 is 10.4 Å². The van der Waals surface area contributed by atoms with Gasteiger partial charge in [-0.1, -0.05) is 19.8 Å². The van der Waals surface area contributed by atoms with Crippen LogP contribution in [0.5, 0.6) is 0 Å². The standard InChI is InChI=1S/C13H22N2O3S/c1-8-4-3-5-10(8)6-14-13(18)15-9(2)19-7-11(15)12(16)17/h8-11H,3-7H2,1-2H3,(H,14,18)(H,16,17). The first-order chi connectivity index (χ1) is 9.00. The number of amides is 2. The van der Waals surface area contributed by atoms with Crippen molar-refractivity contribution in [3.05, 3.63) is 0 Å². The van der Waals surface area contributed by atoms with E-state index in [1.807, 2.05) is 6.92 Å². The lowest BCUT2D eigenvalue weighted by molar-refractivity contribution is -0.141. The number of thioether (sulfide) groups is 1. The molecule has 6 heteroatoms. The fourth-order valence-corrected chi connectivity index (χ4v) is 4.14. The minimum Gasteiger partial charge on any atom is -0.480 e. The van der Waals surface area contributed by atoms with Crippen LogP contribution in [0, 0.1) is 11.8 Å². The maximum atomic E-state index is 12.2. The van der Waals surface area contributed by atoms with Crippen LogP contribution in [0.25, 0.3) is 0 Å². The number of hydrogen-bond donors (Lipinski definition) is 2. The number of nitrogens with one attached hydrogen (secondary N) is 1. The minimum atomic E-state index is -0.916. The zero-order chi connectivity index (χ0) is 14.0. The Balaban J connectivity index is 1.89. The van der Waals surface area contributed by atoms with Gasteiger partial charge in [-0.2, -0.15) is 0 Å². The smallest absolute Gasteiger partial charge is 0.327 e. The minimum absolute atomic E-state index is 0.0675. The van der Waals surface area contributed by atoms with Gasteiger partial charge in [-0.25, -0.2) is 9.59 Å². The molecule has 19 heavy (non-hydrogen) atoms. The Labute approximate surface area is 118 Å². The highest BCUT2D eigenvalue weighted by Crippen LogP contribution is 2.31. The van der Waals surface area contributed by atoms with Crippen molar-refractivity contribution in [1.29, 1.82) is 0 Å². The van der Waals surface area contributed by atoms with Crippen molar-refractivity contribution in [2.24, 2.45) is 11.8 Å². The van der Waals surface area contributed by atoms with Gasteiger partial charge in [0, 0.05) is 12.3 Å². The van der Waals surface area contributed by atoms with E-state index >= 15 is 0 Å². The molecule has 2 N–H and O–H groups in total. The van der Waals surface area contributed by atoms with Crippen LogP contribution in [-0.2, 0) is 4.79 Å². The lowest BCUT2D eigenvalue weighted by atomic mass is 9.98. The molecule has 108 valence electrons. The summed E-state index contributed by atoms with van der Waals surface area (Å²) in [5.74, 6) is 0.754. The van der Waals surface area contributed by atoms with Crippen LogP contribution in [0.1, 0.15) is 33.1 Å². The molecule has 2 amide bonds. The van der Waals surface area contributed by atoms with E-state index in [2.05, 4.69) is 12.2 Å². The summed E-state index contributed by atoms with van der Waals surface area (Å²) in [6.45, 7) is 4.77. The number of carbonyl (C=O) groups is 2. The normalized spacial score (nSPS) is 34.5. The van der Waals surface area contributed by atoms with Crippen molar-refractivity contribution < 1.29 is 14.7 Å². The third-order valence-electron chi connectivity index (χ3n) is 4.30. The number of hydrogen-bond acceptors (Lipinski definition) is 3. The molecule has 1 saturated heterocycles. The van der Waals surface area contributed by atoms with E-state index < -0.39 is 12.0 Å². The third kappa shape index (κ3) is 3.16. The van der Waals surface area contributed by atoms with Gasteiger partial charge >= 0.3 is 12.0 Å². The lowest BCUT2D eigenvalue weighted by Crippen LogP contribution is -2.50. The maximum absolute atomic E-state index is 12.2. The Morgan fingerprint density at radius 3 is 2.68 bits per heavy atom. The number of rotatable bonds is 3. The van der Waals surface area contributed by atoms with Gasteiger partial charge in [-0.15, -0.1) is 11.8 Å². The molecule has 2 rings (SSSR count). The predicted molar refractivity (Wildman–Crippen MR) is 75.1 cm³/mol. The third-order valence-corrected chi connectivity index (χ3v) is 5.51. The molecular formula is C13H22N2O3S. The summed E-state index contributed by atoms with van der Waals surface area (Å²) in [5.41, 5.74) is 0. The van der Waals surface area contributed by atoms with Crippen molar-refractivity contribution in [1.82, 2.24) is 10.2 Å². The van der Waals surface area contributed by atoms with Gasteiger partial charge in [0.15, 0.2) is 0 Å². The van der Waals surface area contributed by atoms with Crippen molar-refractivity contribution >= 4 is 23.8 Å². The Morgan fingerprint density at radius 2 is 2.11 bits per heavy atom. The molecule has 1 aliphatic heterocycles. The van der Waals surface area contributed by atoms with Crippen molar-refractivity contribution in [2.45, 2.75) is 44.5 Å². The molecule has 0 bridgehead atoms. The van der Waals surface area contributed by atoms with Gasteiger partial charge in [-0.3, -0.25) is 4.90 Å². The zero-order valence-electron chi connectivity index (χ0n) is 11.5. The summed E-state index contributed by atoms with van der Waals surface area (Å²) >= 11 is 1.51. The van der Waals surface area contributed by atoms with Crippen LogP contribution in [0.2, 0.25) is 0 Å². The maximum Gasteiger partial charge on any atom is 0.327 e. The fourth-order valence-electron chi connectivity index (χ4n) is 2.98. The van der Waals surface area contributed by atoms with Crippen LogP contribution in [0.4, 0.5) is 4.79 Å². The number of carbonyl (C=O) groups excluding carboxylic acids is 1. The Morgan fingerprint density at radius 1 is 1.37 bits per heavy atom. The molecule has 1 aliphatic carbocycles. The molecule has 0 aromatic carbocycles. The molecular weight excluding hydrogens is 264 g/mol. The summed E-state index contributed by atoms with van der Waals surface area (Å²) in [5, 5.41) is 12.0. The van der Waals surface area contributed by atoms with E-state index in [4.69, 9.17) is 5.11 Å². The number of urea groups is 1. The summed E-state index contributed by atoms with van der Waals surface area (Å²) < 4.78 is 0. The topological polar surface area (TPSA) is 69.6 Å². The molecule has 0 aromatic rings. The van der Waals surface area contributed by atoms with E-state index in [9.17, 15) is 9.59 Å². The van der Waals surface area contributed by atoms with Crippen LogP contribution < -0.4 is 5.32 Å². The van der Waals surface area contributed by atoms with Crippen LogP contribution in [0.15, 0.2) is 0 Å². The fraction of sp³-hybridized carbons (Fsp3) is 0.846. The summed E-state index contributed by atoms with van der Waals surface area (Å²) in [7, 11) is 0. The first kappa shape index (κ1) is 14.5. The summed E-state index contributed by atoms with van der Waals surface area (Å²) in [6, 6.07) is -0.926. The summed E-state index contributed by atoms with van der Waals surface area (Å²) in [4.78, 5) is 24.8. The summed E-state index contributed by atoms with van der Waals surface area (Å²) in [6.07, 6.45) is 3.62. The second-order valence-electron chi connectivity index (χ2n) is 5.55. The van der Waals surface area contributed by atoms with Gasteiger partial charge in [-0.05, 0) is 25.2 Å². The van der Waals surface area contributed by atoms with E-state index in [0.29, 0.717) is 24.1 Å². The number of carboxylic acids is 1. The van der Waals surface area contributed by atoms with Gasteiger partial charge in [0.25, 0.3) is 0 Å². The van der Waals surface area contributed by atoms with Crippen molar-refractivity contribution in [2.75, 3.05) is 12.3 Å². The Bertz CT molecular complexity index is 364. The van der Waals surface area contributed by atoms with Crippen LogP contribution >= 0.6 is 11.8 Å². The van der Waals surface area contributed by atoms with Crippen molar-refractivity contribution in [3.63, 3.8) is 0 Å². The predicted octanol–water partition coefficient (Wildman–Crippen LogP) is 1.98. The molecule has 0 radical (unpaired) electrons. The highest BCUT2D eigenvalue weighted by Gasteiger charge is 2.39. The first-order valence-corrected chi connectivity index (χ1v) is 7.96. The van der Waals surface area contributed by atoms with Gasteiger partial charge in [0.05, 0.1) is 5.37 Å². The highest BCUT2D eigenvalue weighted by molar-refractivity contribution is 8.00. The lowest BCUT2D eigenvalue weighted by Gasteiger charge is -2.26.